The van der Waals surface area contributed by atoms with E-state index in [4.69, 9.17) is 10.9 Å². The number of carbonyl (C=O) groups is 1. The van der Waals surface area contributed by atoms with Gasteiger partial charge in [-0.15, -0.1) is 0 Å². The quantitative estimate of drug-likeness (QED) is 0.330. The van der Waals surface area contributed by atoms with E-state index in [2.05, 4.69) is 5.16 Å². The maximum Gasteiger partial charge on any atom is 0.257 e. The molecule has 1 rings (SSSR count). The summed E-state index contributed by atoms with van der Waals surface area (Å²) in [5.74, 6) is -0.212. The minimum atomic E-state index is -0.271. The maximum absolute atomic E-state index is 12.5. The minimum absolute atomic E-state index is 0.00746. The van der Waals surface area contributed by atoms with Crippen LogP contribution >= 0.6 is 0 Å². The molecule has 0 bridgehead atoms. The highest BCUT2D eigenvalue weighted by atomic mass is 16.4. The maximum atomic E-state index is 12.5. The first-order chi connectivity index (χ1) is 9.38. The van der Waals surface area contributed by atoms with Crippen LogP contribution in [-0.2, 0) is 0 Å². The van der Waals surface area contributed by atoms with E-state index in [1.807, 2.05) is 13.8 Å². The molecule has 0 spiro atoms. The lowest BCUT2D eigenvalue weighted by atomic mass is 10.1. The molecule has 0 fully saturated rings. The van der Waals surface area contributed by atoms with Gasteiger partial charge in [0.1, 0.15) is 11.6 Å². The van der Waals surface area contributed by atoms with Crippen molar-refractivity contribution >= 4 is 11.7 Å². The number of nitrogens with zero attached hydrogens (tertiary/aromatic N) is 2. The van der Waals surface area contributed by atoms with Crippen molar-refractivity contribution in [2.75, 3.05) is 6.54 Å². The van der Waals surface area contributed by atoms with Gasteiger partial charge in [0.2, 0.25) is 0 Å². The molecule has 0 heterocycles. The van der Waals surface area contributed by atoms with Crippen LogP contribution in [0.25, 0.3) is 0 Å². The Labute approximate surface area is 118 Å². The average Bonchev–Trinajstić information content (AvgIpc) is 2.41. The third-order valence-corrected chi connectivity index (χ3v) is 3.09. The van der Waals surface area contributed by atoms with Crippen molar-refractivity contribution in [3.63, 3.8) is 0 Å². The number of aryl methyl sites for hydroxylation is 1. The molecule has 0 unspecified atom stereocenters. The molecule has 0 aliphatic carbocycles. The number of amidine groups is 1. The van der Waals surface area contributed by atoms with Gasteiger partial charge in [-0.05, 0) is 32.4 Å². The highest BCUT2D eigenvalue weighted by Crippen LogP contribution is 2.23. The Balaban J connectivity index is 2.97. The number of para-hydroxylation sites is 1. The van der Waals surface area contributed by atoms with E-state index in [1.165, 1.54) is 0 Å². The number of hydrogen-bond acceptors (Lipinski definition) is 4. The molecule has 20 heavy (non-hydrogen) atoms. The van der Waals surface area contributed by atoms with Gasteiger partial charge in [-0.1, -0.05) is 17.3 Å². The van der Waals surface area contributed by atoms with Gasteiger partial charge in [0.15, 0.2) is 0 Å². The van der Waals surface area contributed by atoms with Gasteiger partial charge in [-0.25, -0.2) is 0 Å². The smallest absolute Gasteiger partial charge is 0.257 e. The Morgan fingerprint density at radius 2 is 2.10 bits per heavy atom. The molecule has 1 aromatic rings. The summed E-state index contributed by atoms with van der Waals surface area (Å²) < 4.78 is 0. The lowest BCUT2D eigenvalue weighted by molar-refractivity contribution is 0.0707. The van der Waals surface area contributed by atoms with Crippen LogP contribution < -0.4 is 5.73 Å². The molecular formula is C14H21N3O3. The summed E-state index contributed by atoms with van der Waals surface area (Å²) >= 11 is 0. The van der Waals surface area contributed by atoms with Crippen molar-refractivity contribution in [2.45, 2.75) is 33.2 Å². The van der Waals surface area contributed by atoms with Crippen LogP contribution in [0.15, 0.2) is 23.4 Å². The van der Waals surface area contributed by atoms with Crippen LogP contribution in [0.4, 0.5) is 0 Å². The number of benzene rings is 1. The zero-order valence-electron chi connectivity index (χ0n) is 12.0. The molecule has 6 heteroatoms. The second kappa shape index (κ2) is 6.79. The third kappa shape index (κ3) is 3.63. The second-order valence-electron chi connectivity index (χ2n) is 4.90. The van der Waals surface area contributed by atoms with Gasteiger partial charge >= 0.3 is 0 Å². The van der Waals surface area contributed by atoms with Crippen LogP contribution in [0.1, 0.15) is 36.2 Å². The molecule has 1 aromatic carbocycles. The molecule has 0 radical (unpaired) electrons. The van der Waals surface area contributed by atoms with Crippen LogP contribution in [0.2, 0.25) is 0 Å². The zero-order chi connectivity index (χ0) is 15.3. The highest BCUT2D eigenvalue weighted by molar-refractivity contribution is 5.97. The fraction of sp³-hybridized carbons (Fsp3) is 0.429. The first-order valence-electron chi connectivity index (χ1n) is 6.44. The largest absolute Gasteiger partial charge is 0.507 e. The van der Waals surface area contributed by atoms with Crippen LogP contribution in [0, 0.1) is 6.92 Å². The molecule has 0 aliphatic rings. The monoisotopic (exact) mass is 279 g/mol. The number of hydrogen-bond donors (Lipinski definition) is 3. The zero-order valence-corrected chi connectivity index (χ0v) is 12.0. The molecular weight excluding hydrogens is 258 g/mol. The van der Waals surface area contributed by atoms with Crippen LogP contribution in [-0.4, -0.2) is 39.5 Å². The SMILES string of the molecule is Cc1cccc(C(=O)N(CCC(N)=NO)C(C)C)c1O. The van der Waals surface area contributed by atoms with E-state index >= 15 is 0 Å². The number of phenolic OH excluding ortho intramolecular Hbond substituents is 1. The Morgan fingerprint density at radius 3 is 2.65 bits per heavy atom. The second-order valence-corrected chi connectivity index (χ2v) is 4.90. The van der Waals surface area contributed by atoms with E-state index in [1.54, 1.807) is 30.0 Å². The van der Waals surface area contributed by atoms with Gasteiger partial charge in [0.25, 0.3) is 5.91 Å². The number of amides is 1. The number of rotatable bonds is 5. The Kier molecular flexibility index (Phi) is 5.37. The minimum Gasteiger partial charge on any atom is -0.507 e. The van der Waals surface area contributed by atoms with Crippen molar-refractivity contribution < 1.29 is 15.1 Å². The van der Waals surface area contributed by atoms with Gasteiger partial charge in [-0.2, -0.15) is 0 Å². The van der Waals surface area contributed by atoms with E-state index < -0.39 is 0 Å². The summed E-state index contributed by atoms with van der Waals surface area (Å²) in [6.07, 6.45) is 0.271. The van der Waals surface area contributed by atoms with Gasteiger partial charge in [-0.3, -0.25) is 4.79 Å². The molecule has 1 amide bonds. The van der Waals surface area contributed by atoms with Crippen molar-refractivity contribution in [3.05, 3.63) is 29.3 Å². The summed E-state index contributed by atoms with van der Waals surface area (Å²) in [5.41, 5.74) is 6.34. The molecule has 4 N–H and O–H groups in total. The molecule has 110 valence electrons. The van der Waals surface area contributed by atoms with E-state index in [9.17, 15) is 9.90 Å². The average molecular weight is 279 g/mol. The number of carbonyl (C=O) groups excluding carboxylic acids is 1. The molecule has 0 saturated carbocycles. The number of phenols is 1. The first kappa shape index (κ1) is 15.8. The lowest BCUT2D eigenvalue weighted by Crippen LogP contribution is -2.39. The van der Waals surface area contributed by atoms with Gasteiger partial charge in [0, 0.05) is 19.0 Å². The third-order valence-electron chi connectivity index (χ3n) is 3.09. The number of oxime groups is 1. The Morgan fingerprint density at radius 1 is 1.45 bits per heavy atom. The van der Waals surface area contributed by atoms with E-state index in [0.717, 1.165) is 0 Å². The standard InChI is InChI=1S/C14H21N3O3/c1-9(2)17(8-7-12(15)16-20)14(19)11-6-4-5-10(3)13(11)18/h4-6,9,18,20H,7-8H2,1-3H3,(H2,15,16). The normalized spacial score (nSPS) is 11.7. The molecule has 0 atom stereocenters. The fourth-order valence-electron chi connectivity index (χ4n) is 1.87. The lowest BCUT2D eigenvalue weighted by Gasteiger charge is -2.27. The van der Waals surface area contributed by atoms with Crippen LogP contribution in [0.5, 0.6) is 5.75 Å². The molecule has 0 aromatic heterocycles. The Hall–Kier alpha value is -2.24. The van der Waals surface area contributed by atoms with Gasteiger partial charge in [0.05, 0.1) is 5.56 Å². The summed E-state index contributed by atoms with van der Waals surface area (Å²) in [5, 5.41) is 21.4. The molecule has 6 nitrogen and oxygen atoms in total. The Bertz CT molecular complexity index is 512. The van der Waals surface area contributed by atoms with E-state index in [-0.39, 0.29) is 35.5 Å². The summed E-state index contributed by atoms with van der Waals surface area (Å²) in [7, 11) is 0. The van der Waals surface area contributed by atoms with Crippen molar-refractivity contribution in [2.24, 2.45) is 10.9 Å². The van der Waals surface area contributed by atoms with Crippen molar-refractivity contribution in [1.29, 1.82) is 0 Å². The number of aromatic hydroxyl groups is 1. The molecule has 0 aliphatic heterocycles. The molecule has 0 saturated heterocycles. The predicted molar refractivity (Wildman–Crippen MR) is 77.0 cm³/mol. The highest BCUT2D eigenvalue weighted by Gasteiger charge is 2.22. The summed E-state index contributed by atoms with van der Waals surface area (Å²) in [6, 6.07) is 4.99. The van der Waals surface area contributed by atoms with Crippen molar-refractivity contribution in [3.8, 4) is 5.75 Å². The van der Waals surface area contributed by atoms with Gasteiger partial charge < -0.3 is 20.9 Å². The summed E-state index contributed by atoms with van der Waals surface area (Å²) in [4.78, 5) is 14.1. The predicted octanol–water partition coefficient (Wildman–Crippen LogP) is 1.69. The van der Waals surface area contributed by atoms with E-state index in [0.29, 0.717) is 12.1 Å². The first-order valence-corrected chi connectivity index (χ1v) is 6.44. The number of nitrogens with two attached hydrogens (primary N) is 1. The van der Waals surface area contributed by atoms with Crippen molar-refractivity contribution in [1.82, 2.24) is 4.90 Å². The topological polar surface area (TPSA) is 99.2 Å². The summed E-state index contributed by atoms with van der Waals surface area (Å²) in [6.45, 7) is 5.80. The van der Waals surface area contributed by atoms with Crippen LogP contribution in [0.3, 0.4) is 0 Å². The fourth-order valence-corrected chi connectivity index (χ4v) is 1.87.